The standard InChI is InChI=1S/C18H15N3O2S/c1-12-17(20-14-7-3-2-6-13(14)19-12)24-11-10-21-15-8-4-5-9-16(15)23-18(21)22/h2-9H,10-11H2,1H3. The van der Waals surface area contributed by atoms with Gasteiger partial charge in [0.15, 0.2) is 5.58 Å². The van der Waals surface area contributed by atoms with Crippen molar-refractivity contribution in [2.45, 2.75) is 18.5 Å². The maximum atomic E-state index is 12.0. The molecule has 0 aliphatic carbocycles. The number of hydrogen-bond acceptors (Lipinski definition) is 5. The molecule has 120 valence electrons. The van der Waals surface area contributed by atoms with Crippen LogP contribution in [0.2, 0.25) is 0 Å². The molecule has 24 heavy (non-hydrogen) atoms. The van der Waals surface area contributed by atoms with Crippen LogP contribution in [0.5, 0.6) is 0 Å². The molecule has 0 atom stereocenters. The number of fused-ring (bicyclic) bond motifs is 2. The molecule has 0 aliphatic rings. The maximum absolute atomic E-state index is 12.0. The molecule has 0 saturated heterocycles. The predicted molar refractivity (Wildman–Crippen MR) is 95.5 cm³/mol. The van der Waals surface area contributed by atoms with Crippen LogP contribution in [-0.2, 0) is 6.54 Å². The molecule has 0 radical (unpaired) electrons. The highest BCUT2D eigenvalue weighted by Crippen LogP contribution is 2.22. The molecular formula is C18H15N3O2S. The zero-order valence-electron chi connectivity index (χ0n) is 13.1. The van der Waals surface area contributed by atoms with E-state index in [1.807, 2.05) is 49.4 Å². The van der Waals surface area contributed by atoms with Crippen LogP contribution >= 0.6 is 11.8 Å². The first kappa shape index (κ1) is 15.0. The quantitative estimate of drug-likeness (QED) is 0.532. The summed E-state index contributed by atoms with van der Waals surface area (Å²) in [7, 11) is 0. The normalized spacial score (nSPS) is 11.4. The van der Waals surface area contributed by atoms with Gasteiger partial charge in [0, 0.05) is 12.3 Å². The molecule has 4 aromatic rings. The van der Waals surface area contributed by atoms with Gasteiger partial charge in [0.1, 0.15) is 5.03 Å². The van der Waals surface area contributed by atoms with Crippen LogP contribution in [0.4, 0.5) is 0 Å². The highest BCUT2D eigenvalue weighted by atomic mass is 32.2. The smallest absolute Gasteiger partial charge is 0.408 e. The summed E-state index contributed by atoms with van der Waals surface area (Å²) in [6, 6.07) is 15.3. The number of hydrogen-bond donors (Lipinski definition) is 0. The van der Waals surface area contributed by atoms with Gasteiger partial charge in [0.25, 0.3) is 0 Å². The van der Waals surface area contributed by atoms with E-state index in [1.165, 1.54) is 0 Å². The van der Waals surface area contributed by atoms with Crippen molar-refractivity contribution in [3.63, 3.8) is 0 Å². The van der Waals surface area contributed by atoms with E-state index in [4.69, 9.17) is 4.42 Å². The Morgan fingerprint density at radius 1 is 1.04 bits per heavy atom. The van der Waals surface area contributed by atoms with Gasteiger partial charge in [0.05, 0.1) is 22.2 Å². The van der Waals surface area contributed by atoms with Crippen LogP contribution in [0.1, 0.15) is 5.69 Å². The molecule has 0 spiro atoms. The SMILES string of the molecule is Cc1nc2ccccc2nc1SCCn1c(=O)oc2ccccc21. The topological polar surface area (TPSA) is 60.9 Å². The summed E-state index contributed by atoms with van der Waals surface area (Å²) in [5.41, 5.74) is 4.13. The molecule has 0 saturated carbocycles. The van der Waals surface area contributed by atoms with Crippen LogP contribution in [0, 0.1) is 6.92 Å². The Kier molecular flexibility index (Phi) is 3.82. The van der Waals surface area contributed by atoms with Gasteiger partial charge in [-0.2, -0.15) is 0 Å². The first-order valence-electron chi connectivity index (χ1n) is 7.67. The first-order valence-corrected chi connectivity index (χ1v) is 8.65. The number of oxazole rings is 1. The van der Waals surface area contributed by atoms with E-state index in [1.54, 1.807) is 22.4 Å². The lowest BCUT2D eigenvalue weighted by molar-refractivity contribution is 0.514. The molecule has 4 rings (SSSR count). The summed E-state index contributed by atoms with van der Waals surface area (Å²) in [6.07, 6.45) is 0. The van der Waals surface area contributed by atoms with Crippen LogP contribution < -0.4 is 5.76 Å². The van der Waals surface area contributed by atoms with Gasteiger partial charge in [-0.05, 0) is 31.2 Å². The molecule has 0 amide bonds. The van der Waals surface area contributed by atoms with Crippen LogP contribution in [-0.4, -0.2) is 20.3 Å². The van der Waals surface area contributed by atoms with E-state index >= 15 is 0 Å². The highest BCUT2D eigenvalue weighted by molar-refractivity contribution is 7.99. The number of nitrogens with zero attached hydrogens (tertiary/aromatic N) is 3. The first-order chi connectivity index (χ1) is 11.7. The largest absolute Gasteiger partial charge is 0.419 e. The van der Waals surface area contributed by atoms with E-state index in [0.717, 1.165) is 33.0 Å². The number of aromatic nitrogens is 3. The minimum atomic E-state index is -0.321. The van der Waals surface area contributed by atoms with Crippen LogP contribution in [0.25, 0.3) is 22.1 Å². The minimum absolute atomic E-state index is 0.321. The summed E-state index contributed by atoms with van der Waals surface area (Å²) in [4.78, 5) is 21.2. The second-order valence-corrected chi connectivity index (χ2v) is 6.52. The van der Waals surface area contributed by atoms with Gasteiger partial charge < -0.3 is 4.42 Å². The molecule has 5 nitrogen and oxygen atoms in total. The van der Waals surface area contributed by atoms with Gasteiger partial charge in [0.2, 0.25) is 0 Å². The predicted octanol–water partition coefficient (Wildman–Crippen LogP) is 3.64. The lowest BCUT2D eigenvalue weighted by Crippen LogP contribution is -2.15. The molecule has 0 unspecified atom stereocenters. The maximum Gasteiger partial charge on any atom is 0.419 e. The third-order valence-corrected chi connectivity index (χ3v) is 4.88. The average molecular weight is 337 g/mol. The molecule has 0 fully saturated rings. The van der Waals surface area contributed by atoms with Crippen LogP contribution in [0.3, 0.4) is 0 Å². The zero-order valence-corrected chi connectivity index (χ0v) is 13.9. The van der Waals surface area contributed by atoms with Gasteiger partial charge in [-0.15, -0.1) is 11.8 Å². The van der Waals surface area contributed by atoms with Gasteiger partial charge in [-0.1, -0.05) is 24.3 Å². The molecule has 0 bridgehead atoms. The van der Waals surface area contributed by atoms with E-state index < -0.39 is 0 Å². The minimum Gasteiger partial charge on any atom is -0.408 e. The Labute approximate surface area is 142 Å². The van der Waals surface area contributed by atoms with Crippen molar-refractivity contribution in [1.82, 2.24) is 14.5 Å². The average Bonchev–Trinajstić information content (AvgIpc) is 2.91. The summed E-state index contributed by atoms with van der Waals surface area (Å²) in [5, 5.41) is 0.898. The number of para-hydroxylation sites is 4. The third kappa shape index (κ3) is 2.69. The number of thioether (sulfide) groups is 1. The molecular weight excluding hydrogens is 322 g/mol. The fourth-order valence-electron chi connectivity index (χ4n) is 2.67. The number of rotatable bonds is 4. The summed E-state index contributed by atoms with van der Waals surface area (Å²) >= 11 is 1.60. The van der Waals surface area contributed by atoms with Crippen molar-refractivity contribution < 1.29 is 4.42 Å². The van der Waals surface area contributed by atoms with E-state index in [-0.39, 0.29) is 5.76 Å². The van der Waals surface area contributed by atoms with Crippen molar-refractivity contribution in [3.8, 4) is 0 Å². The molecule has 2 aromatic heterocycles. The van der Waals surface area contributed by atoms with Crippen molar-refractivity contribution in [3.05, 3.63) is 64.8 Å². The third-order valence-electron chi connectivity index (χ3n) is 3.83. The zero-order chi connectivity index (χ0) is 16.5. The number of benzene rings is 2. The second-order valence-electron chi connectivity index (χ2n) is 5.44. The summed E-state index contributed by atoms with van der Waals surface area (Å²) in [5.74, 6) is 0.398. The summed E-state index contributed by atoms with van der Waals surface area (Å²) < 4.78 is 6.91. The number of aryl methyl sites for hydroxylation is 2. The Morgan fingerprint density at radius 3 is 2.58 bits per heavy atom. The fraction of sp³-hybridized carbons (Fsp3) is 0.167. The molecule has 6 heteroatoms. The van der Waals surface area contributed by atoms with E-state index in [2.05, 4.69) is 9.97 Å². The van der Waals surface area contributed by atoms with E-state index in [0.29, 0.717) is 12.1 Å². The Bertz CT molecular complexity index is 1080. The Hall–Kier alpha value is -2.60. The van der Waals surface area contributed by atoms with Gasteiger partial charge in [-0.25, -0.2) is 14.8 Å². The second kappa shape index (κ2) is 6.13. The fourth-order valence-corrected chi connectivity index (χ4v) is 3.55. The Morgan fingerprint density at radius 2 is 1.75 bits per heavy atom. The van der Waals surface area contributed by atoms with Crippen molar-refractivity contribution in [2.24, 2.45) is 0 Å². The molecule has 2 heterocycles. The monoisotopic (exact) mass is 337 g/mol. The lowest BCUT2D eigenvalue weighted by Gasteiger charge is -2.06. The van der Waals surface area contributed by atoms with Crippen molar-refractivity contribution in [1.29, 1.82) is 0 Å². The molecule has 0 aliphatic heterocycles. The van der Waals surface area contributed by atoms with Crippen molar-refractivity contribution >= 4 is 33.9 Å². The molecule has 2 aromatic carbocycles. The Balaban J connectivity index is 1.56. The van der Waals surface area contributed by atoms with Crippen LogP contribution in [0.15, 0.2) is 62.8 Å². The highest BCUT2D eigenvalue weighted by Gasteiger charge is 2.10. The van der Waals surface area contributed by atoms with Gasteiger partial charge >= 0.3 is 5.76 Å². The van der Waals surface area contributed by atoms with E-state index in [9.17, 15) is 4.79 Å². The van der Waals surface area contributed by atoms with Crippen molar-refractivity contribution in [2.75, 3.05) is 5.75 Å². The lowest BCUT2D eigenvalue weighted by atomic mass is 10.3. The van der Waals surface area contributed by atoms with Gasteiger partial charge in [-0.3, -0.25) is 4.57 Å². The molecule has 0 N–H and O–H groups in total. The summed E-state index contributed by atoms with van der Waals surface area (Å²) in [6.45, 7) is 2.52.